The van der Waals surface area contributed by atoms with Crippen LogP contribution in [0.4, 0.5) is 0 Å². The molecule has 0 aromatic carbocycles. The summed E-state index contributed by atoms with van der Waals surface area (Å²) in [5, 5.41) is 3.46. The molecule has 2 heteroatoms. The molecule has 1 N–H and O–H groups in total. The topological polar surface area (TPSA) is 21.3 Å². The first-order valence-corrected chi connectivity index (χ1v) is 6.59. The fraction of sp³-hybridized carbons (Fsp3) is 1.00. The number of hydrogen-bond donors (Lipinski definition) is 1. The molecule has 2 saturated heterocycles. The zero-order valence-electron chi connectivity index (χ0n) is 10.2. The Morgan fingerprint density at radius 2 is 2.13 bits per heavy atom. The van der Waals surface area contributed by atoms with Crippen LogP contribution in [0, 0.1) is 17.8 Å². The third-order valence-corrected chi connectivity index (χ3v) is 4.25. The summed E-state index contributed by atoms with van der Waals surface area (Å²) in [5.41, 5.74) is 0. The minimum atomic E-state index is 0.557. The fourth-order valence-corrected chi connectivity index (χ4v) is 3.14. The molecule has 2 aliphatic rings. The van der Waals surface area contributed by atoms with Crippen LogP contribution in [0.15, 0.2) is 0 Å². The lowest BCUT2D eigenvalue weighted by Gasteiger charge is -2.25. The highest BCUT2D eigenvalue weighted by Crippen LogP contribution is 2.30. The van der Waals surface area contributed by atoms with E-state index in [9.17, 15) is 0 Å². The lowest BCUT2D eigenvalue weighted by Crippen LogP contribution is -2.23. The molecule has 2 aliphatic heterocycles. The quantitative estimate of drug-likeness (QED) is 0.771. The van der Waals surface area contributed by atoms with Gasteiger partial charge >= 0.3 is 0 Å². The number of hydrogen-bond acceptors (Lipinski definition) is 2. The maximum atomic E-state index is 5.76. The second kappa shape index (κ2) is 5.31. The van der Waals surface area contributed by atoms with E-state index in [0.29, 0.717) is 6.10 Å². The molecular weight excluding hydrogens is 186 g/mol. The van der Waals surface area contributed by atoms with E-state index in [2.05, 4.69) is 19.2 Å². The summed E-state index contributed by atoms with van der Waals surface area (Å²) in [6.45, 7) is 8.25. The van der Waals surface area contributed by atoms with Gasteiger partial charge in [0.25, 0.3) is 0 Å². The van der Waals surface area contributed by atoms with Gasteiger partial charge in [-0.3, -0.25) is 0 Å². The Balaban J connectivity index is 1.74. The minimum Gasteiger partial charge on any atom is -0.378 e. The summed E-state index contributed by atoms with van der Waals surface area (Å²) in [5.74, 6) is 2.52. The first-order chi connectivity index (χ1) is 7.27. The van der Waals surface area contributed by atoms with Crippen molar-refractivity contribution >= 4 is 0 Å². The summed E-state index contributed by atoms with van der Waals surface area (Å²) in [6.07, 6.45) is 5.84. The van der Waals surface area contributed by atoms with Gasteiger partial charge in [-0.1, -0.05) is 13.8 Å². The molecule has 2 rings (SSSR count). The number of ether oxygens (including phenoxy) is 1. The van der Waals surface area contributed by atoms with Crippen LogP contribution in [0.1, 0.15) is 39.5 Å². The van der Waals surface area contributed by atoms with E-state index >= 15 is 0 Å². The summed E-state index contributed by atoms with van der Waals surface area (Å²) in [4.78, 5) is 0. The number of rotatable bonds is 4. The molecular formula is C13H25NO. The highest BCUT2D eigenvalue weighted by molar-refractivity contribution is 4.80. The van der Waals surface area contributed by atoms with Gasteiger partial charge in [-0.05, 0) is 56.5 Å². The van der Waals surface area contributed by atoms with Crippen molar-refractivity contribution in [1.29, 1.82) is 0 Å². The normalized spacial score (nSPS) is 35.6. The zero-order chi connectivity index (χ0) is 10.7. The Hall–Kier alpha value is -0.0800. The Labute approximate surface area is 93.8 Å². The van der Waals surface area contributed by atoms with Crippen molar-refractivity contribution in [2.75, 3.05) is 19.7 Å². The smallest absolute Gasteiger partial charge is 0.0601 e. The van der Waals surface area contributed by atoms with E-state index in [1.807, 2.05) is 0 Å². The third-order valence-electron chi connectivity index (χ3n) is 4.25. The van der Waals surface area contributed by atoms with E-state index in [-0.39, 0.29) is 0 Å². The molecule has 0 amide bonds. The summed E-state index contributed by atoms with van der Waals surface area (Å²) in [7, 11) is 0. The largest absolute Gasteiger partial charge is 0.378 e. The zero-order valence-corrected chi connectivity index (χ0v) is 10.2. The van der Waals surface area contributed by atoms with Gasteiger partial charge in [0.05, 0.1) is 6.10 Å². The predicted octanol–water partition coefficient (Wildman–Crippen LogP) is 2.44. The molecule has 0 aromatic heterocycles. The Morgan fingerprint density at radius 1 is 1.27 bits per heavy atom. The lowest BCUT2D eigenvalue weighted by molar-refractivity contribution is 0.0573. The first kappa shape index (κ1) is 11.4. The van der Waals surface area contributed by atoms with Crippen molar-refractivity contribution in [2.45, 2.75) is 45.6 Å². The molecule has 0 bridgehead atoms. The maximum Gasteiger partial charge on any atom is 0.0601 e. The second-order valence-corrected chi connectivity index (χ2v) is 5.49. The van der Waals surface area contributed by atoms with E-state index in [1.54, 1.807) is 0 Å². The molecule has 4 atom stereocenters. The highest BCUT2D eigenvalue weighted by atomic mass is 16.5. The average Bonchev–Trinajstić information content (AvgIpc) is 2.91. The molecule has 2 heterocycles. The summed E-state index contributed by atoms with van der Waals surface area (Å²) >= 11 is 0. The summed E-state index contributed by atoms with van der Waals surface area (Å²) < 4.78 is 5.76. The SMILES string of the molecule is CC(CC(C)C1CCCO1)C1CCNC1. The first-order valence-electron chi connectivity index (χ1n) is 6.59. The Bertz CT molecular complexity index is 163. The van der Waals surface area contributed by atoms with Gasteiger partial charge in [-0.25, -0.2) is 0 Å². The molecule has 0 aromatic rings. The lowest BCUT2D eigenvalue weighted by atomic mass is 9.83. The van der Waals surface area contributed by atoms with Crippen LogP contribution >= 0.6 is 0 Å². The van der Waals surface area contributed by atoms with Gasteiger partial charge in [-0.15, -0.1) is 0 Å². The van der Waals surface area contributed by atoms with Crippen molar-refractivity contribution < 1.29 is 4.74 Å². The molecule has 2 nitrogen and oxygen atoms in total. The van der Waals surface area contributed by atoms with Crippen LogP contribution in [-0.4, -0.2) is 25.8 Å². The Morgan fingerprint density at radius 3 is 2.73 bits per heavy atom. The third kappa shape index (κ3) is 2.94. The van der Waals surface area contributed by atoms with E-state index in [0.717, 1.165) is 24.4 Å². The standard InChI is InChI=1S/C13H25NO/c1-10(12-5-6-14-9-12)8-11(2)13-4-3-7-15-13/h10-14H,3-9H2,1-2H3. The molecule has 0 radical (unpaired) electrons. The maximum absolute atomic E-state index is 5.76. The van der Waals surface area contributed by atoms with Crippen LogP contribution in [0.2, 0.25) is 0 Å². The highest BCUT2D eigenvalue weighted by Gasteiger charge is 2.27. The van der Waals surface area contributed by atoms with Crippen LogP contribution < -0.4 is 5.32 Å². The van der Waals surface area contributed by atoms with Gasteiger partial charge in [0.1, 0.15) is 0 Å². The van der Waals surface area contributed by atoms with Gasteiger partial charge < -0.3 is 10.1 Å². The van der Waals surface area contributed by atoms with Crippen molar-refractivity contribution in [2.24, 2.45) is 17.8 Å². The summed E-state index contributed by atoms with van der Waals surface area (Å²) in [6, 6.07) is 0. The van der Waals surface area contributed by atoms with Crippen LogP contribution in [0.5, 0.6) is 0 Å². The van der Waals surface area contributed by atoms with E-state index in [1.165, 1.54) is 38.8 Å². The van der Waals surface area contributed by atoms with Crippen molar-refractivity contribution in [1.82, 2.24) is 5.32 Å². The molecule has 15 heavy (non-hydrogen) atoms. The molecule has 0 spiro atoms. The van der Waals surface area contributed by atoms with Gasteiger partial charge in [-0.2, -0.15) is 0 Å². The predicted molar refractivity (Wildman–Crippen MR) is 62.9 cm³/mol. The van der Waals surface area contributed by atoms with E-state index < -0.39 is 0 Å². The Kier molecular flexibility index (Phi) is 4.04. The van der Waals surface area contributed by atoms with Gasteiger partial charge in [0.15, 0.2) is 0 Å². The van der Waals surface area contributed by atoms with Gasteiger partial charge in [0, 0.05) is 6.61 Å². The minimum absolute atomic E-state index is 0.557. The number of nitrogens with one attached hydrogen (secondary N) is 1. The van der Waals surface area contributed by atoms with Crippen LogP contribution in [0.25, 0.3) is 0 Å². The van der Waals surface area contributed by atoms with Crippen molar-refractivity contribution in [3.05, 3.63) is 0 Å². The van der Waals surface area contributed by atoms with Crippen molar-refractivity contribution in [3.63, 3.8) is 0 Å². The van der Waals surface area contributed by atoms with Crippen LogP contribution in [0.3, 0.4) is 0 Å². The molecule has 2 fully saturated rings. The van der Waals surface area contributed by atoms with Crippen molar-refractivity contribution in [3.8, 4) is 0 Å². The second-order valence-electron chi connectivity index (χ2n) is 5.49. The molecule has 0 saturated carbocycles. The average molecular weight is 211 g/mol. The fourth-order valence-electron chi connectivity index (χ4n) is 3.14. The monoisotopic (exact) mass is 211 g/mol. The van der Waals surface area contributed by atoms with Crippen LogP contribution in [-0.2, 0) is 4.74 Å². The van der Waals surface area contributed by atoms with E-state index in [4.69, 9.17) is 4.74 Å². The van der Waals surface area contributed by atoms with Gasteiger partial charge in [0.2, 0.25) is 0 Å². The molecule has 88 valence electrons. The molecule has 4 unspecified atom stereocenters. The molecule has 0 aliphatic carbocycles.